The van der Waals surface area contributed by atoms with Crippen molar-refractivity contribution in [2.24, 2.45) is 0 Å². The minimum atomic E-state index is 0.400. The zero-order valence-electron chi connectivity index (χ0n) is 10.7. The second kappa shape index (κ2) is 5.06. The van der Waals surface area contributed by atoms with Crippen molar-refractivity contribution in [2.75, 3.05) is 0 Å². The summed E-state index contributed by atoms with van der Waals surface area (Å²) in [5.74, 6) is 0.400. The highest BCUT2D eigenvalue weighted by molar-refractivity contribution is 6.34. The standard InChI is InChI=1S/C16H15ClN2/c1-2-13(11-6-4-3-5-7-11)12-8-9-15-14(10-12)16(17)19-18-15/h3-10,13H,2H2,1H3,(H,18,19)/t13-/m0/s1. The fourth-order valence-corrected chi connectivity index (χ4v) is 2.76. The van der Waals surface area contributed by atoms with Crippen LogP contribution in [0.4, 0.5) is 0 Å². The Morgan fingerprint density at radius 1 is 1.11 bits per heavy atom. The van der Waals surface area contributed by atoms with Gasteiger partial charge in [0.15, 0.2) is 0 Å². The first-order valence-corrected chi connectivity index (χ1v) is 6.86. The first-order valence-electron chi connectivity index (χ1n) is 6.48. The summed E-state index contributed by atoms with van der Waals surface area (Å²) >= 11 is 6.12. The maximum Gasteiger partial charge on any atom is 0.132 e. The molecule has 2 nitrogen and oxygen atoms in total. The van der Waals surface area contributed by atoms with Crippen LogP contribution in [-0.4, -0.2) is 10.2 Å². The van der Waals surface area contributed by atoms with Gasteiger partial charge in [0.05, 0.1) is 5.52 Å². The third-order valence-corrected chi connectivity index (χ3v) is 3.83. The number of aromatic nitrogens is 2. The van der Waals surface area contributed by atoms with Crippen LogP contribution in [0.1, 0.15) is 30.4 Å². The quantitative estimate of drug-likeness (QED) is 0.730. The molecule has 0 bridgehead atoms. The number of nitrogens with zero attached hydrogens (tertiary/aromatic N) is 1. The van der Waals surface area contributed by atoms with Crippen molar-refractivity contribution in [3.8, 4) is 0 Å². The smallest absolute Gasteiger partial charge is 0.132 e. The molecule has 1 N–H and O–H groups in total. The number of halogens is 1. The predicted molar refractivity (Wildman–Crippen MR) is 79.7 cm³/mol. The third-order valence-electron chi connectivity index (χ3n) is 3.54. The molecule has 0 amide bonds. The van der Waals surface area contributed by atoms with Gasteiger partial charge in [0, 0.05) is 11.3 Å². The van der Waals surface area contributed by atoms with Crippen molar-refractivity contribution in [1.29, 1.82) is 0 Å². The van der Waals surface area contributed by atoms with Crippen LogP contribution in [0.5, 0.6) is 0 Å². The van der Waals surface area contributed by atoms with E-state index in [4.69, 9.17) is 11.6 Å². The zero-order valence-corrected chi connectivity index (χ0v) is 11.5. The molecule has 0 aliphatic heterocycles. The normalized spacial score (nSPS) is 12.7. The van der Waals surface area contributed by atoms with E-state index in [1.54, 1.807) is 0 Å². The Morgan fingerprint density at radius 3 is 2.63 bits per heavy atom. The fraction of sp³-hybridized carbons (Fsp3) is 0.188. The van der Waals surface area contributed by atoms with Gasteiger partial charge >= 0.3 is 0 Å². The van der Waals surface area contributed by atoms with Crippen LogP contribution in [-0.2, 0) is 0 Å². The van der Waals surface area contributed by atoms with E-state index >= 15 is 0 Å². The lowest BCUT2D eigenvalue weighted by molar-refractivity contribution is 0.778. The molecule has 2 aromatic carbocycles. The Balaban J connectivity index is 2.08. The van der Waals surface area contributed by atoms with Crippen LogP contribution in [0.15, 0.2) is 48.5 Å². The molecule has 0 spiro atoms. The molecule has 0 saturated carbocycles. The number of hydrogen-bond acceptors (Lipinski definition) is 1. The zero-order chi connectivity index (χ0) is 13.2. The molecule has 1 aromatic heterocycles. The SMILES string of the molecule is CC[C@@H](c1ccccc1)c1ccc2n[nH]c(Cl)c2c1. The Hall–Kier alpha value is -1.80. The topological polar surface area (TPSA) is 28.7 Å². The predicted octanol–water partition coefficient (Wildman–Crippen LogP) is 4.76. The molecule has 3 rings (SSSR count). The number of benzene rings is 2. The van der Waals surface area contributed by atoms with Gasteiger partial charge in [-0.1, -0.05) is 54.9 Å². The Morgan fingerprint density at radius 2 is 1.89 bits per heavy atom. The Bertz CT molecular complexity index is 688. The van der Waals surface area contributed by atoms with E-state index in [9.17, 15) is 0 Å². The van der Waals surface area contributed by atoms with E-state index in [0.717, 1.165) is 17.3 Å². The number of aromatic amines is 1. The number of fused-ring (bicyclic) bond motifs is 1. The molecule has 0 fully saturated rings. The highest BCUT2D eigenvalue weighted by atomic mass is 35.5. The summed E-state index contributed by atoms with van der Waals surface area (Å²) in [6.45, 7) is 2.21. The van der Waals surface area contributed by atoms with Crippen molar-refractivity contribution in [2.45, 2.75) is 19.3 Å². The molecular formula is C16H15ClN2. The van der Waals surface area contributed by atoms with Crippen LogP contribution in [0, 0.1) is 0 Å². The fourth-order valence-electron chi connectivity index (χ4n) is 2.56. The lowest BCUT2D eigenvalue weighted by Gasteiger charge is -2.16. The first-order chi connectivity index (χ1) is 9.29. The van der Waals surface area contributed by atoms with Crippen molar-refractivity contribution < 1.29 is 0 Å². The van der Waals surface area contributed by atoms with Gasteiger partial charge < -0.3 is 0 Å². The van der Waals surface area contributed by atoms with Gasteiger partial charge in [-0.05, 0) is 29.7 Å². The minimum Gasteiger partial charge on any atom is -0.266 e. The number of rotatable bonds is 3. The van der Waals surface area contributed by atoms with Gasteiger partial charge in [-0.25, -0.2) is 0 Å². The summed E-state index contributed by atoms with van der Waals surface area (Å²) < 4.78 is 0. The van der Waals surface area contributed by atoms with E-state index in [2.05, 4.69) is 53.5 Å². The molecule has 3 aromatic rings. The van der Waals surface area contributed by atoms with E-state index in [1.165, 1.54) is 11.1 Å². The maximum absolute atomic E-state index is 6.12. The number of nitrogens with one attached hydrogen (secondary N) is 1. The van der Waals surface area contributed by atoms with Crippen molar-refractivity contribution >= 4 is 22.5 Å². The highest BCUT2D eigenvalue weighted by Crippen LogP contribution is 2.31. The van der Waals surface area contributed by atoms with E-state index < -0.39 is 0 Å². The second-order valence-electron chi connectivity index (χ2n) is 4.69. The molecule has 96 valence electrons. The van der Waals surface area contributed by atoms with Gasteiger partial charge in [-0.3, -0.25) is 5.10 Å². The summed E-state index contributed by atoms with van der Waals surface area (Å²) in [5, 5.41) is 8.58. The average Bonchev–Trinajstić information content (AvgIpc) is 2.82. The third kappa shape index (κ3) is 2.24. The summed E-state index contributed by atoms with van der Waals surface area (Å²) in [5.41, 5.74) is 3.53. The van der Waals surface area contributed by atoms with Crippen molar-refractivity contribution in [1.82, 2.24) is 10.2 Å². The van der Waals surface area contributed by atoms with Gasteiger partial charge in [-0.15, -0.1) is 0 Å². The van der Waals surface area contributed by atoms with Crippen LogP contribution in [0.25, 0.3) is 10.9 Å². The van der Waals surface area contributed by atoms with E-state index in [-0.39, 0.29) is 0 Å². The Kier molecular flexibility index (Phi) is 3.26. The first kappa shape index (κ1) is 12.2. The average molecular weight is 271 g/mol. The van der Waals surface area contributed by atoms with Crippen LogP contribution >= 0.6 is 11.6 Å². The minimum absolute atomic E-state index is 0.400. The van der Waals surface area contributed by atoms with E-state index in [1.807, 2.05) is 12.1 Å². The molecule has 0 aliphatic rings. The molecule has 1 atom stereocenters. The number of H-pyrrole nitrogens is 1. The summed E-state index contributed by atoms with van der Waals surface area (Å²) in [4.78, 5) is 0. The highest BCUT2D eigenvalue weighted by Gasteiger charge is 2.13. The van der Waals surface area contributed by atoms with Crippen LogP contribution < -0.4 is 0 Å². The van der Waals surface area contributed by atoms with Crippen molar-refractivity contribution in [3.63, 3.8) is 0 Å². The summed E-state index contributed by atoms with van der Waals surface area (Å²) in [6.07, 6.45) is 1.06. The van der Waals surface area contributed by atoms with Gasteiger partial charge in [-0.2, -0.15) is 5.10 Å². The maximum atomic E-state index is 6.12. The molecule has 1 heterocycles. The molecule has 0 unspecified atom stereocenters. The van der Waals surface area contributed by atoms with Gasteiger partial charge in [0.25, 0.3) is 0 Å². The lowest BCUT2D eigenvalue weighted by Crippen LogP contribution is -1.99. The molecular weight excluding hydrogens is 256 g/mol. The summed E-state index contributed by atoms with van der Waals surface area (Å²) in [6, 6.07) is 16.9. The van der Waals surface area contributed by atoms with Crippen LogP contribution in [0.3, 0.4) is 0 Å². The van der Waals surface area contributed by atoms with E-state index in [0.29, 0.717) is 11.1 Å². The van der Waals surface area contributed by atoms with Gasteiger partial charge in [0.1, 0.15) is 5.15 Å². The molecule has 19 heavy (non-hydrogen) atoms. The monoisotopic (exact) mass is 270 g/mol. The summed E-state index contributed by atoms with van der Waals surface area (Å²) in [7, 11) is 0. The lowest BCUT2D eigenvalue weighted by atomic mass is 9.89. The number of hydrogen-bond donors (Lipinski definition) is 1. The Labute approximate surface area is 117 Å². The van der Waals surface area contributed by atoms with Gasteiger partial charge in [0.2, 0.25) is 0 Å². The second-order valence-corrected chi connectivity index (χ2v) is 5.06. The molecule has 0 radical (unpaired) electrons. The largest absolute Gasteiger partial charge is 0.266 e. The van der Waals surface area contributed by atoms with Crippen molar-refractivity contribution in [3.05, 3.63) is 64.8 Å². The van der Waals surface area contributed by atoms with Crippen LogP contribution in [0.2, 0.25) is 5.15 Å². The molecule has 0 aliphatic carbocycles. The molecule has 3 heteroatoms. The molecule has 0 saturated heterocycles.